The summed E-state index contributed by atoms with van der Waals surface area (Å²) in [6, 6.07) is 22.5. The molecule has 0 bridgehead atoms. The van der Waals surface area contributed by atoms with Crippen LogP contribution in [0.15, 0.2) is 66.7 Å². The molecule has 0 fully saturated rings. The first-order valence-electron chi connectivity index (χ1n) is 9.48. The van der Waals surface area contributed by atoms with Gasteiger partial charge in [-0.05, 0) is 55.0 Å². The van der Waals surface area contributed by atoms with Gasteiger partial charge in [0.15, 0.2) is 0 Å². The van der Waals surface area contributed by atoms with Crippen molar-refractivity contribution < 1.29 is 4.74 Å². The van der Waals surface area contributed by atoms with Gasteiger partial charge in [0.2, 0.25) is 0 Å². The normalized spacial score (nSPS) is 11.4. The number of para-hydroxylation sites is 1. The Kier molecular flexibility index (Phi) is 4.74. The van der Waals surface area contributed by atoms with E-state index in [2.05, 4.69) is 48.3 Å². The monoisotopic (exact) mass is 418 g/mol. The van der Waals surface area contributed by atoms with Crippen LogP contribution in [0, 0.1) is 6.92 Å². The van der Waals surface area contributed by atoms with Crippen molar-refractivity contribution in [1.82, 2.24) is 9.97 Å². The second kappa shape index (κ2) is 7.54. The topological polar surface area (TPSA) is 37.9 Å². The second-order valence-corrected chi connectivity index (χ2v) is 8.67. The van der Waals surface area contributed by atoms with Crippen molar-refractivity contribution in [3.63, 3.8) is 0 Å². The fraction of sp³-hybridized carbons (Fsp3) is 0.125. The zero-order chi connectivity index (χ0) is 19.8. The number of thiazole rings is 1. The second-order valence-electron chi connectivity index (χ2n) is 7.12. The molecule has 144 valence electrons. The number of H-pyrrole nitrogens is 1. The third-order valence-corrected chi connectivity index (χ3v) is 6.25. The first kappa shape index (κ1) is 18.2. The molecule has 5 rings (SSSR count). The third-order valence-electron chi connectivity index (χ3n) is 4.99. The van der Waals surface area contributed by atoms with Crippen molar-refractivity contribution in [2.75, 3.05) is 0 Å². The lowest BCUT2D eigenvalue weighted by atomic mass is 10.0. The number of aromatic amines is 1. The van der Waals surface area contributed by atoms with E-state index in [0.29, 0.717) is 6.61 Å². The van der Waals surface area contributed by atoms with Crippen molar-refractivity contribution in [2.45, 2.75) is 20.0 Å². The predicted octanol–water partition coefficient (Wildman–Crippen LogP) is 6.91. The summed E-state index contributed by atoms with van der Waals surface area (Å²) in [5.41, 5.74) is 5.66. The van der Waals surface area contributed by atoms with Gasteiger partial charge in [-0.15, -0.1) is 11.3 Å². The number of ether oxygens (including phenoxy) is 1. The van der Waals surface area contributed by atoms with Crippen LogP contribution < -0.4 is 4.74 Å². The molecule has 0 aliphatic carbocycles. The summed E-state index contributed by atoms with van der Waals surface area (Å²) in [7, 11) is 0. The van der Waals surface area contributed by atoms with Gasteiger partial charge in [0.1, 0.15) is 17.4 Å². The van der Waals surface area contributed by atoms with E-state index in [1.165, 1.54) is 21.2 Å². The van der Waals surface area contributed by atoms with Gasteiger partial charge in [-0.2, -0.15) is 0 Å². The van der Waals surface area contributed by atoms with Crippen LogP contribution in [0.25, 0.3) is 21.1 Å². The summed E-state index contributed by atoms with van der Waals surface area (Å²) in [6.07, 6.45) is 0.779. The van der Waals surface area contributed by atoms with Crippen molar-refractivity contribution >= 4 is 44.1 Å². The highest BCUT2D eigenvalue weighted by molar-refractivity contribution is 7.18. The Morgan fingerprint density at radius 3 is 2.69 bits per heavy atom. The summed E-state index contributed by atoms with van der Waals surface area (Å²) in [5, 5.41) is 2.92. The van der Waals surface area contributed by atoms with E-state index >= 15 is 0 Å². The SMILES string of the molecule is Cc1cc2c(Cc3ccc(Cl)cc3)c(OCc3nc4ccccc4s3)ccc2[nH]1. The number of rotatable bonds is 5. The minimum absolute atomic E-state index is 0.460. The molecular formula is C24H19ClN2OS. The summed E-state index contributed by atoms with van der Waals surface area (Å²) < 4.78 is 7.46. The fourth-order valence-corrected chi connectivity index (χ4v) is 4.64. The van der Waals surface area contributed by atoms with Gasteiger partial charge in [-0.3, -0.25) is 0 Å². The Labute approximate surface area is 177 Å². The molecule has 5 aromatic rings. The minimum Gasteiger partial charge on any atom is -0.486 e. The van der Waals surface area contributed by atoms with Gasteiger partial charge in [0.25, 0.3) is 0 Å². The number of hydrogen-bond donors (Lipinski definition) is 1. The number of fused-ring (bicyclic) bond motifs is 2. The summed E-state index contributed by atoms with van der Waals surface area (Å²) in [6.45, 7) is 2.54. The van der Waals surface area contributed by atoms with E-state index in [1.807, 2.05) is 30.3 Å². The highest BCUT2D eigenvalue weighted by atomic mass is 35.5. The van der Waals surface area contributed by atoms with Crippen molar-refractivity contribution in [1.29, 1.82) is 0 Å². The maximum absolute atomic E-state index is 6.27. The molecule has 2 heterocycles. The fourth-order valence-electron chi connectivity index (χ4n) is 3.63. The molecule has 0 aliphatic heterocycles. The van der Waals surface area contributed by atoms with Gasteiger partial charge < -0.3 is 9.72 Å². The lowest BCUT2D eigenvalue weighted by Gasteiger charge is -2.12. The van der Waals surface area contributed by atoms with Crippen molar-refractivity contribution in [3.05, 3.63) is 93.6 Å². The van der Waals surface area contributed by atoms with E-state index in [1.54, 1.807) is 11.3 Å². The molecule has 1 N–H and O–H groups in total. The maximum Gasteiger partial charge on any atom is 0.140 e. The van der Waals surface area contributed by atoms with E-state index < -0.39 is 0 Å². The summed E-state index contributed by atoms with van der Waals surface area (Å²) in [4.78, 5) is 8.12. The highest BCUT2D eigenvalue weighted by Gasteiger charge is 2.13. The van der Waals surface area contributed by atoms with E-state index in [-0.39, 0.29) is 0 Å². The van der Waals surface area contributed by atoms with E-state index in [4.69, 9.17) is 21.3 Å². The van der Waals surface area contributed by atoms with Gasteiger partial charge in [-0.25, -0.2) is 4.98 Å². The van der Waals surface area contributed by atoms with E-state index in [0.717, 1.165) is 38.9 Å². The third kappa shape index (κ3) is 3.74. The summed E-state index contributed by atoms with van der Waals surface area (Å²) in [5.74, 6) is 0.894. The molecule has 0 amide bonds. The first-order chi connectivity index (χ1) is 14.2. The van der Waals surface area contributed by atoms with Gasteiger partial charge >= 0.3 is 0 Å². The molecule has 0 saturated carbocycles. The minimum atomic E-state index is 0.460. The van der Waals surface area contributed by atoms with Crippen LogP contribution in [-0.4, -0.2) is 9.97 Å². The van der Waals surface area contributed by atoms with Crippen LogP contribution >= 0.6 is 22.9 Å². The zero-order valence-corrected chi connectivity index (χ0v) is 17.5. The molecule has 0 atom stereocenters. The lowest BCUT2D eigenvalue weighted by Crippen LogP contribution is -2.00. The number of halogens is 1. The average molecular weight is 419 g/mol. The Bertz CT molecular complexity index is 1270. The zero-order valence-electron chi connectivity index (χ0n) is 15.9. The number of nitrogens with one attached hydrogen (secondary N) is 1. The molecule has 3 aromatic carbocycles. The lowest BCUT2D eigenvalue weighted by molar-refractivity contribution is 0.303. The average Bonchev–Trinajstić information content (AvgIpc) is 3.31. The van der Waals surface area contributed by atoms with Crippen LogP contribution in [0.5, 0.6) is 5.75 Å². The Morgan fingerprint density at radius 1 is 1.03 bits per heavy atom. The molecule has 2 aromatic heterocycles. The number of aryl methyl sites for hydroxylation is 1. The number of benzene rings is 3. The number of hydrogen-bond acceptors (Lipinski definition) is 3. The standard InChI is InChI=1S/C24H19ClN2OS/c1-15-12-18-19(13-16-6-8-17(25)9-7-16)22(11-10-20(18)26-15)28-14-24-27-21-4-2-3-5-23(21)29-24/h2-12,26H,13-14H2,1H3. The quantitative estimate of drug-likeness (QED) is 0.336. The Morgan fingerprint density at radius 2 is 1.86 bits per heavy atom. The Balaban J connectivity index is 1.49. The van der Waals surface area contributed by atoms with Crippen LogP contribution in [0.3, 0.4) is 0 Å². The largest absolute Gasteiger partial charge is 0.486 e. The van der Waals surface area contributed by atoms with Crippen LogP contribution in [-0.2, 0) is 13.0 Å². The number of nitrogens with zero attached hydrogens (tertiary/aromatic N) is 1. The van der Waals surface area contributed by atoms with E-state index in [9.17, 15) is 0 Å². The van der Waals surface area contributed by atoms with Gasteiger partial charge in [0.05, 0.1) is 10.2 Å². The molecule has 29 heavy (non-hydrogen) atoms. The predicted molar refractivity (Wildman–Crippen MR) is 121 cm³/mol. The van der Waals surface area contributed by atoms with Gasteiger partial charge in [0, 0.05) is 33.6 Å². The maximum atomic E-state index is 6.27. The smallest absolute Gasteiger partial charge is 0.140 e. The molecule has 0 aliphatic rings. The first-order valence-corrected chi connectivity index (χ1v) is 10.7. The molecule has 0 radical (unpaired) electrons. The van der Waals surface area contributed by atoms with Crippen LogP contribution in [0.2, 0.25) is 5.02 Å². The molecule has 0 saturated heterocycles. The molecule has 5 heteroatoms. The number of aromatic nitrogens is 2. The van der Waals surface area contributed by atoms with Crippen molar-refractivity contribution in [3.8, 4) is 5.75 Å². The van der Waals surface area contributed by atoms with Crippen LogP contribution in [0.1, 0.15) is 21.8 Å². The summed E-state index contributed by atoms with van der Waals surface area (Å²) >= 11 is 7.74. The van der Waals surface area contributed by atoms with Crippen molar-refractivity contribution in [2.24, 2.45) is 0 Å². The Hall–Kier alpha value is -2.82. The van der Waals surface area contributed by atoms with Gasteiger partial charge in [-0.1, -0.05) is 35.9 Å². The molecular weight excluding hydrogens is 400 g/mol. The highest BCUT2D eigenvalue weighted by Crippen LogP contribution is 2.32. The molecule has 0 spiro atoms. The molecule has 0 unspecified atom stereocenters. The molecule has 3 nitrogen and oxygen atoms in total. The van der Waals surface area contributed by atoms with Crippen LogP contribution in [0.4, 0.5) is 0 Å².